The van der Waals surface area contributed by atoms with Gasteiger partial charge in [-0.2, -0.15) is 0 Å². The lowest BCUT2D eigenvalue weighted by molar-refractivity contribution is -0.142. The van der Waals surface area contributed by atoms with Crippen molar-refractivity contribution in [3.63, 3.8) is 0 Å². The van der Waals surface area contributed by atoms with Crippen LogP contribution < -0.4 is 5.73 Å². The average molecular weight is 370 g/mol. The van der Waals surface area contributed by atoms with Crippen LogP contribution in [0, 0.1) is 0 Å². The standard InChI is InChI=1S/C22H43NO3/c23-21-22(25)26-20-18-16-14-12-10-8-6-4-2-1-3-5-7-9-11-13-15-17-19-24/h2,4,24H,1,3,5-21,23H2/b4-2-. The Bertz CT molecular complexity index is 319. The van der Waals surface area contributed by atoms with Gasteiger partial charge in [0.1, 0.15) is 0 Å². The largest absolute Gasteiger partial charge is 0.465 e. The molecule has 0 saturated carbocycles. The molecule has 3 N–H and O–H groups in total. The number of nitrogens with two attached hydrogens (primary N) is 1. The second kappa shape index (κ2) is 22.2. The summed E-state index contributed by atoms with van der Waals surface area (Å²) in [5, 5.41) is 8.71. The Balaban J connectivity index is 3.10. The molecule has 4 nitrogen and oxygen atoms in total. The van der Waals surface area contributed by atoms with Gasteiger partial charge in [0.15, 0.2) is 0 Å². The van der Waals surface area contributed by atoms with Crippen LogP contribution in [0.2, 0.25) is 0 Å². The number of esters is 1. The molecule has 0 atom stereocenters. The van der Waals surface area contributed by atoms with Gasteiger partial charge in [-0.15, -0.1) is 0 Å². The number of carbonyl (C=O) groups is 1. The summed E-state index contributed by atoms with van der Waals surface area (Å²) in [6.07, 6.45) is 24.5. The number of ether oxygens (including phenoxy) is 1. The van der Waals surface area contributed by atoms with E-state index >= 15 is 0 Å². The number of allylic oxidation sites excluding steroid dienone is 2. The normalized spacial score (nSPS) is 11.3. The number of unbranched alkanes of at least 4 members (excludes halogenated alkanes) is 14. The van der Waals surface area contributed by atoms with Gasteiger partial charge in [0.2, 0.25) is 0 Å². The first-order chi connectivity index (χ1) is 12.8. The van der Waals surface area contributed by atoms with Crippen molar-refractivity contribution in [2.24, 2.45) is 5.73 Å². The molecular formula is C22H43NO3. The van der Waals surface area contributed by atoms with E-state index in [1.165, 1.54) is 83.5 Å². The highest BCUT2D eigenvalue weighted by atomic mass is 16.5. The van der Waals surface area contributed by atoms with Crippen molar-refractivity contribution in [2.45, 2.75) is 103 Å². The second-order valence-electron chi connectivity index (χ2n) is 7.15. The van der Waals surface area contributed by atoms with Crippen LogP contribution in [-0.4, -0.2) is 30.8 Å². The highest BCUT2D eigenvalue weighted by molar-refractivity contribution is 5.71. The van der Waals surface area contributed by atoms with Crippen molar-refractivity contribution >= 4 is 5.97 Å². The molecule has 0 aliphatic rings. The lowest BCUT2D eigenvalue weighted by atomic mass is 10.1. The molecule has 0 amide bonds. The molecule has 0 rings (SSSR count). The summed E-state index contributed by atoms with van der Waals surface area (Å²) in [7, 11) is 0. The first-order valence-electron chi connectivity index (χ1n) is 10.9. The highest BCUT2D eigenvalue weighted by Gasteiger charge is 1.97. The maximum absolute atomic E-state index is 10.8. The summed E-state index contributed by atoms with van der Waals surface area (Å²) in [5.41, 5.74) is 5.17. The molecule has 0 aliphatic heterocycles. The molecule has 0 aliphatic carbocycles. The second-order valence-corrected chi connectivity index (χ2v) is 7.15. The van der Waals surface area contributed by atoms with E-state index in [0.717, 1.165) is 19.3 Å². The SMILES string of the molecule is NCC(=O)OCCCCCCCC/C=C\CCCCCCCCCCO. The Morgan fingerprint density at radius 1 is 0.692 bits per heavy atom. The van der Waals surface area contributed by atoms with Crippen LogP contribution >= 0.6 is 0 Å². The molecule has 0 saturated heterocycles. The van der Waals surface area contributed by atoms with Crippen LogP contribution in [0.5, 0.6) is 0 Å². The fraction of sp³-hybridized carbons (Fsp3) is 0.864. The molecule has 154 valence electrons. The number of rotatable bonds is 20. The van der Waals surface area contributed by atoms with Crippen LogP contribution in [0.3, 0.4) is 0 Å². The highest BCUT2D eigenvalue weighted by Crippen LogP contribution is 2.11. The third-order valence-electron chi connectivity index (χ3n) is 4.64. The number of hydrogen-bond donors (Lipinski definition) is 2. The predicted octanol–water partition coefficient (Wildman–Crippen LogP) is 5.28. The van der Waals surface area contributed by atoms with Crippen LogP contribution in [0.15, 0.2) is 12.2 Å². The Morgan fingerprint density at radius 2 is 1.12 bits per heavy atom. The summed E-state index contributed by atoms with van der Waals surface area (Å²) in [6.45, 7) is 0.850. The van der Waals surface area contributed by atoms with Crippen molar-refractivity contribution in [3.05, 3.63) is 12.2 Å². The van der Waals surface area contributed by atoms with E-state index in [4.69, 9.17) is 15.6 Å². The molecule has 0 aromatic carbocycles. The van der Waals surface area contributed by atoms with Crippen LogP contribution in [-0.2, 0) is 9.53 Å². The zero-order chi connectivity index (χ0) is 19.1. The van der Waals surface area contributed by atoms with E-state index in [-0.39, 0.29) is 12.5 Å². The van der Waals surface area contributed by atoms with Crippen molar-refractivity contribution < 1.29 is 14.6 Å². The quantitative estimate of drug-likeness (QED) is 0.174. The number of aliphatic hydroxyl groups is 1. The molecular weight excluding hydrogens is 326 g/mol. The minimum atomic E-state index is -0.300. The molecule has 0 radical (unpaired) electrons. The number of carbonyl (C=O) groups excluding carboxylic acids is 1. The first-order valence-corrected chi connectivity index (χ1v) is 10.9. The van der Waals surface area contributed by atoms with Gasteiger partial charge in [0.25, 0.3) is 0 Å². The maximum Gasteiger partial charge on any atom is 0.319 e. The average Bonchev–Trinajstić information content (AvgIpc) is 2.66. The summed E-state index contributed by atoms with van der Waals surface area (Å²) < 4.78 is 4.94. The van der Waals surface area contributed by atoms with Gasteiger partial charge in [0, 0.05) is 6.61 Å². The molecule has 0 unspecified atom stereocenters. The molecule has 0 aromatic rings. The summed E-state index contributed by atoms with van der Waals surface area (Å²) in [6, 6.07) is 0. The van der Waals surface area contributed by atoms with Crippen LogP contribution in [0.25, 0.3) is 0 Å². The van der Waals surface area contributed by atoms with E-state index in [9.17, 15) is 4.79 Å². The first kappa shape index (κ1) is 25.1. The van der Waals surface area contributed by atoms with Crippen LogP contribution in [0.1, 0.15) is 103 Å². The van der Waals surface area contributed by atoms with Gasteiger partial charge in [-0.1, -0.05) is 76.4 Å². The van der Waals surface area contributed by atoms with Gasteiger partial charge < -0.3 is 15.6 Å². The Morgan fingerprint density at radius 3 is 1.58 bits per heavy atom. The summed E-state index contributed by atoms with van der Waals surface area (Å²) >= 11 is 0. The summed E-state index contributed by atoms with van der Waals surface area (Å²) in [4.78, 5) is 10.8. The zero-order valence-electron chi connectivity index (χ0n) is 16.9. The van der Waals surface area contributed by atoms with Gasteiger partial charge in [-0.3, -0.25) is 4.79 Å². The Kier molecular flexibility index (Phi) is 21.4. The molecule has 0 bridgehead atoms. The van der Waals surface area contributed by atoms with E-state index in [2.05, 4.69) is 12.2 Å². The van der Waals surface area contributed by atoms with E-state index in [1.807, 2.05) is 0 Å². The summed E-state index contributed by atoms with van der Waals surface area (Å²) in [5.74, 6) is -0.300. The molecule has 26 heavy (non-hydrogen) atoms. The van der Waals surface area contributed by atoms with E-state index in [1.54, 1.807) is 0 Å². The topological polar surface area (TPSA) is 72.6 Å². The third-order valence-corrected chi connectivity index (χ3v) is 4.64. The minimum Gasteiger partial charge on any atom is -0.465 e. The smallest absolute Gasteiger partial charge is 0.319 e. The monoisotopic (exact) mass is 369 g/mol. The van der Waals surface area contributed by atoms with Gasteiger partial charge in [-0.25, -0.2) is 0 Å². The minimum absolute atomic E-state index is 0.0142. The number of aliphatic hydroxyl groups excluding tert-OH is 1. The lowest BCUT2D eigenvalue weighted by Gasteiger charge is -2.03. The van der Waals surface area contributed by atoms with Crippen molar-refractivity contribution in [3.8, 4) is 0 Å². The van der Waals surface area contributed by atoms with Crippen molar-refractivity contribution in [1.29, 1.82) is 0 Å². The zero-order valence-corrected chi connectivity index (χ0v) is 16.9. The molecule has 0 aromatic heterocycles. The van der Waals surface area contributed by atoms with Crippen molar-refractivity contribution in [2.75, 3.05) is 19.8 Å². The van der Waals surface area contributed by atoms with E-state index < -0.39 is 0 Å². The van der Waals surface area contributed by atoms with Gasteiger partial charge >= 0.3 is 5.97 Å². The van der Waals surface area contributed by atoms with Crippen LogP contribution in [0.4, 0.5) is 0 Å². The molecule has 0 spiro atoms. The van der Waals surface area contributed by atoms with Gasteiger partial charge in [-0.05, 0) is 38.5 Å². The fourth-order valence-corrected chi connectivity index (χ4v) is 2.99. The molecule has 0 fully saturated rings. The third kappa shape index (κ3) is 21.2. The predicted molar refractivity (Wildman–Crippen MR) is 110 cm³/mol. The van der Waals surface area contributed by atoms with Crippen molar-refractivity contribution in [1.82, 2.24) is 0 Å². The Labute approximate surface area is 161 Å². The molecule has 0 heterocycles. The fourth-order valence-electron chi connectivity index (χ4n) is 2.99. The van der Waals surface area contributed by atoms with E-state index in [0.29, 0.717) is 13.2 Å². The molecule has 4 heteroatoms. The lowest BCUT2D eigenvalue weighted by Crippen LogP contribution is -2.17. The maximum atomic E-state index is 10.8. The number of hydrogen-bond acceptors (Lipinski definition) is 4. The Hall–Kier alpha value is -0.870. The van der Waals surface area contributed by atoms with Gasteiger partial charge in [0.05, 0.1) is 13.2 Å².